The fraction of sp³-hybridized carbons (Fsp3) is 0.538. The van der Waals surface area contributed by atoms with Crippen LogP contribution in [-0.2, 0) is 0 Å². The Bertz CT molecular complexity index is 298. The second-order valence-corrected chi connectivity index (χ2v) is 4.67. The van der Waals surface area contributed by atoms with Crippen molar-refractivity contribution in [1.29, 1.82) is 0 Å². The lowest BCUT2D eigenvalue weighted by molar-refractivity contribution is 0.511. The number of anilines is 1. The Morgan fingerprint density at radius 1 is 1.13 bits per heavy atom. The lowest BCUT2D eigenvalue weighted by Gasteiger charge is -2.17. The largest absolute Gasteiger partial charge is 0.383 e. The molecule has 84 valence electrons. The third-order valence-electron chi connectivity index (χ3n) is 2.62. The zero-order chi connectivity index (χ0) is 11.4. The van der Waals surface area contributed by atoms with Gasteiger partial charge in [-0.15, -0.1) is 0 Å². The quantitative estimate of drug-likeness (QED) is 0.795. The molecule has 1 aromatic carbocycles. The molecule has 0 aliphatic rings. The summed E-state index contributed by atoms with van der Waals surface area (Å²) in [6.07, 6.45) is 0. The standard InChI is InChI=1S/C13H22N2/c1-9(2)13(14)8-15-12-6-10(3)5-11(4)7-12/h5-7,9,13,15H,8,14H2,1-4H3. The summed E-state index contributed by atoms with van der Waals surface area (Å²) in [6.45, 7) is 9.35. The van der Waals surface area contributed by atoms with Gasteiger partial charge >= 0.3 is 0 Å². The summed E-state index contributed by atoms with van der Waals surface area (Å²) in [5, 5.41) is 3.38. The molecule has 15 heavy (non-hydrogen) atoms. The van der Waals surface area contributed by atoms with Gasteiger partial charge in [0.2, 0.25) is 0 Å². The third-order valence-corrected chi connectivity index (χ3v) is 2.62. The minimum absolute atomic E-state index is 0.214. The molecular weight excluding hydrogens is 184 g/mol. The average Bonchev–Trinajstić information content (AvgIpc) is 2.12. The molecule has 0 amide bonds. The molecule has 0 aromatic heterocycles. The third kappa shape index (κ3) is 3.92. The number of nitrogens with one attached hydrogen (secondary N) is 1. The molecule has 0 radical (unpaired) electrons. The normalized spacial score (nSPS) is 12.9. The molecule has 0 aliphatic heterocycles. The average molecular weight is 206 g/mol. The molecule has 1 aromatic rings. The maximum Gasteiger partial charge on any atom is 0.0346 e. The molecule has 0 aliphatic carbocycles. The summed E-state index contributed by atoms with van der Waals surface area (Å²) in [5.41, 5.74) is 9.72. The SMILES string of the molecule is Cc1cc(C)cc(NCC(N)C(C)C)c1. The minimum atomic E-state index is 0.214. The Morgan fingerprint density at radius 2 is 1.67 bits per heavy atom. The van der Waals surface area contributed by atoms with E-state index >= 15 is 0 Å². The Morgan fingerprint density at radius 3 is 2.13 bits per heavy atom. The molecule has 2 heteroatoms. The van der Waals surface area contributed by atoms with Crippen LogP contribution in [0.3, 0.4) is 0 Å². The van der Waals surface area contributed by atoms with Crippen molar-refractivity contribution >= 4 is 5.69 Å². The number of benzene rings is 1. The molecule has 1 atom stereocenters. The van der Waals surface area contributed by atoms with Crippen LogP contribution in [0.15, 0.2) is 18.2 Å². The van der Waals surface area contributed by atoms with Gasteiger partial charge < -0.3 is 11.1 Å². The molecule has 0 saturated carbocycles. The van der Waals surface area contributed by atoms with E-state index in [1.807, 2.05) is 0 Å². The highest BCUT2D eigenvalue weighted by Gasteiger charge is 2.06. The Balaban J connectivity index is 2.57. The van der Waals surface area contributed by atoms with E-state index < -0.39 is 0 Å². The highest BCUT2D eigenvalue weighted by Crippen LogP contribution is 2.13. The van der Waals surface area contributed by atoms with Gasteiger partial charge in [-0.2, -0.15) is 0 Å². The molecule has 2 nitrogen and oxygen atoms in total. The number of aryl methyl sites for hydroxylation is 2. The summed E-state index contributed by atoms with van der Waals surface area (Å²) >= 11 is 0. The zero-order valence-corrected chi connectivity index (χ0v) is 10.2. The van der Waals surface area contributed by atoms with Crippen LogP contribution < -0.4 is 11.1 Å². The fourth-order valence-corrected chi connectivity index (χ4v) is 1.55. The van der Waals surface area contributed by atoms with Crippen LogP contribution in [-0.4, -0.2) is 12.6 Å². The lowest BCUT2D eigenvalue weighted by Crippen LogP contribution is -2.34. The molecule has 0 bridgehead atoms. The van der Waals surface area contributed by atoms with Gasteiger partial charge in [0.1, 0.15) is 0 Å². The number of rotatable bonds is 4. The molecule has 0 heterocycles. The molecule has 3 N–H and O–H groups in total. The first-order chi connectivity index (χ1) is 6.99. The van der Waals surface area contributed by atoms with Gasteiger partial charge in [-0.05, 0) is 43.0 Å². The highest BCUT2D eigenvalue weighted by atomic mass is 14.9. The summed E-state index contributed by atoms with van der Waals surface area (Å²) < 4.78 is 0. The summed E-state index contributed by atoms with van der Waals surface area (Å²) in [4.78, 5) is 0. The predicted octanol–water partition coefficient (Wildman–Crippen LogP) is 2.70. The van der Waals surface area contributed by atoms with Crippen LogP contribution in [0.5, 0.6) is 0 Å². The lowest BCUT2D eigenvalue weighted by atomic mass is 10.1. The van der Waals surface area contributed by atoms with Gasteiger partial charge in [0.15, 0.2) is 0 Å². The number of hydrogen-bond acceptors (Lipinski definition) is 2. The van der Waals surface area contributed by atoms with Crippen LogP contribution in [0, 0.1) is 19.8 Å². The van der Waals surface area contributed by atoms with Crippen LogP contribution >= 0.6 is 0 Å². The molecule has 1 unspecified atom stereocenters. The summed E-state index contributed by atoms with van der Waals surface area (Å²) in [7, 11) is 0. The second kappa shape index (κ2) is 5.17. The summed E-state index contributed by atoms with van der Waals surface area (Å²) in [6, 6.07) is 6.69. The first-order valence-electron chi connectivity index (χ1n) is 5.57. The van der Waals surface area contributed by atoms with E-state index in [2.05, 4.69) is 51.2 Å². The van der Waals surface area contributed by atoms with Gasteiger partial charge in [0, 0.05) is 18.3 Å². The fourth-order valence-electron chi connectivity index (χ4n) is 1.55. The number of nitrogens with two attached hydrogens (primary N) is 1. The molecule has 0 saturated heterocycles. The Hall–Kier alpha value is -1.02. The van der Waals surface area contributed by atoms with Crippen LogP contribution in [0.25, 0.3) is 0 Å². The first kappa shape index (κ1) is 12.1. The van der Waals surface area contributed by atoms with E-state index in [9.17, 15) is 0 Å². The monoisotopic (exact) mass is 206 g/mol. The van der Waals surface area contributed by atoms with Crippen molar-refractivity contribution in [3.05, 3.63) is 29.3 Å². The van der Waals surface area contributed by atoms with Crippen molar-refractivity contribution in [3.8, 4) is 0 Å². The van der Waals surface area contributed by atoms with Crippen molar-refractivity contribution < 1.29 is 0 Å². The number of hydrogen-bond donors (Lipinski definition) is 2. The van der Waals surface area contributed by atoms with Crippen molar-refractivity contribution in [1.82, 2.24) is 0 Å². The molecule has 0 spiro atoms. The van der Waals surface area contributed by atoms with Gasteiger partial charge in [0.05, 0.1) is 0 Å². The first-order valence-corrected chi connectivity index (χ1v) is 5.57. The van der Waals surface area contributed by atoms with Crippen molar-refractivity contribution in [2.75, 3.05) is 11.9 Å². The van der Waals surface area contributed by atoms with E-state index in [0.717, 1.165) is 6.54 Å². The smallest absolute Gasteiger partial charge is 0.0346 e. The minimum Gasteiger partial charge on any atom is -0.383 e. The van der Waals surface area contributed by atoms with Crippen molar-refractivity contribution in [2.24, 2.45) is 11.7 Å². The van der Waals surface area contributed by atoms with Gasteiger partial charge in [-0.1, -0.05) is 19.9 Å². The Labute approximate surface area is 92.9 Å². The van der Waals surface area contributed by atoms with Crippen molar-refractivity contribution in [2.45, 2.75) is 33.7 Å². The van der Waals surface area contributed by atoms with Crippen LogP contribution in [0.4, 0.5) is 5.69 Å². The topological polar surface area (TPSA) is 38.0 Å². The van der Waals surface area contributed by atoms with Crippen LogP contribution in [0.2, 0.25) is 0 Å². The molecule has 1 rings (SSSR count). The van der Waals surface area contributed by atoms with E-state index in [1.165, 1.54) is 16.8 Å². The maximum atomic E-state index is 5.98. The van der Waals surface area contributed by atoms with E-state index in [1.54, 1.807) is 0 Å². The maximum absolute atomic E-state index is 5.98. The van der Waals surface area contributed by atoms with E-state index in [0.29, 0.717) is 5.92 Å². The predicted molar refractivity (Wildman–Crippen MR) is 67.2 cm³/mol. The Kier molecular flexibility index (Phi) is 4.15. The van der Waals surface area contributed by atoms with Gasteiger partial charge in [-0.25, -0.2) is 0 Å². The zero-order valence-electron chi connectivity index (χ0n) is 10.2. The summed E-state index contributed by atoms with van der Waals surface area (Å²) in [5.74, 6) is 0.517. The molecule has 0 fully saturated rings. The van der Waals surface area contributed by atoms with Gasteiger partial charge in [-0.3, -0.25) is 0 Å². The van der Waals surface area contributed by atoms with Crippen molar-refractivity contribution in [3.63, 3.8) is 0 Å². The van der Waals surface area contributed by atoms with Gasteiger partial charge in [0.25, 0.3) is 0 Å². The molecular formula is C13H22N2. The second-order valence-electron chi connectivity index (χ2n) is 4.67. The van der Waals surface area contributed by atoms with E-state index in [-0.39, 0.29) is 6.04 Å². The highest BCUT2D eigenvalue weighted by molar-refractivity contribution is 5.48. The van der Waals surface area contributed by atoms with E-state index in [4.69, 9.17) is 5.73 Å². The van der Waals surface area contributed by atoms with Crippen LogP contribution in [0.1, 0.15) is 25.0 Å².